The van der Waals surface area contributed by atoms with E-state index in [4.69, 9.17) is 0 Å². The number of rotatable bonds is 14. The summed E-state index contributed by atoms with van der Waals surface area (Å²) in [6.45, 7) is 10.5. The van der Waals surface area contributed by atoms with Gasteiger partial charge in [-0.15, -0.1) is 0 Å². The van der Waals surface area contributed by atoms with Gasteiger partial charge in [0.05, 0.1) is 0 Å². The van der Waals surface area contributed by atoms with E-state index in [1.54, 1.807) is 0 Å². The van der Waals surface area contributed by atoms with Gasteiger partial charge in [-0.1, -0.05) is 85.5 Å². The molecule has 0 bridgehead atoms. The minimum Gasteiger partial charge on any atom is -0.342 e. The smallest absolute Gasteiger partial charge is 0.225 e. The van der Waals surface area contributed by atoms with Gasteiger partial charge >= 0.3 is 0 Å². The highest BCUT2D eigenvalue weighted by Crippen LogP contribution is 2.10. The molecule has 0 N–H and O–H groups in total. The molecule has 0 saturated heterocycles. The second kappa shape index (κ2) is 14.4. The lowest BCUT2D eigenvalue weighted by molar-refractivity contribution is -0.134. The fraction of sp³-hybridized carbons (Fsp3) is 0.947. The van der Waals surface area contributed by atoms with E-state index < -0.39 is 0 Å². The first kappa shape index (κ1) is 20.5. The molecule has 2 heteroatoms. The zero-order valence-electron chi connectivity index (χ0n) is 15.1. The van der Waals surface area contributed by atoms with E-state index in [0.717, 1.165) is 13.1 Å². The largest absolute Gasteiger partial charge is 0.342 e. The van der Waals surface area contributed by atoms with E-state index in [9.17, 15) is 4.79 Å². The molecule has 0 unspecified atom stereocenters. The first-order valence-corrected chi connectivity index (χ1v) is 9.42. The second-order valence-electron chi connectivity index (χ2n) is 6.66. The third-order valence-electron chi connectivity index (χ3n) is 4.12. The summed E-state index contributed by atoms with van der Waals surface area (Å²) >= 11 is 0. The molecule has 0 aromatic carbocycles. The molecular weight excluding hydrogens is 258 g/mol. The van der Waals surface area contributed by atoms with E-state index in [2.05, 4.69) is 18.7 Å². The van der Waals surface area contributed by atoms with Gasteiger partial charge in [0.15, 0.2) is 0 Å². The van der Waals surface area contributed by atoms with E-state index in [-0.39, 0.29) is 5.92 Å². The predicted octanol–water partition coefficient (Wildman–Crippen LogP) is 5.80. The van der Waals surface area contributed by atoms with Crippen LogP contribution in [0.4, 0.5) is 0 Å². The number of amides is 1. The topological polar surface area (TPSA) is 20.3 Å². The molecule has 2 nitrogen and oxygen atoms in total. The maximum absolute atomic E-state index is 12.3. The fourth-order valence-corrected chi connectivity index (χ4v) is 2.69. The lowest BCUT2D eigenvalue weighted by atomic mass is 10.1. The Kier molecular flexibility index (Phi) is 14.0. The lowest BCUT2D eigenvalue weighted by Gasteiger charge is -2.24. The van der Waals surface area contributed by atoms with Crippen molar-refractivity contribution in [2.75, 3.05) is 13.1 Å². The van der Waals surface area contributed by atoms with Crippen LogP contribution in [0.3, 0.4) is 0 Å². The molecule has 0 aromatic rings. The molecule has 0 atom stereocenters. The van der Waals surface area contributed by atoms with Crippen molar-refractivity contribution in [2.45, 2.75) is 98.3 Å². The molecule has 0 spiro atoms. The predicted molar refractivity (Wildman–Crippen MR) is 93.6 cm³/mol. The minimum atomic E-state index is 0.140. The van der Waals surface area contributed by atoms with Crippen LogP contribution in [-0.4, -0.2) is 23.9 Å². The number of nitrogens with zero attached hydrogens (tertiary/aromatic N) is 1. The highest BCUT2D eigenvalue weighted by molar-refractivity contribution is 5.78. The molecule has 0 fully saturated rings. The van der Waals surface area contributed by atoms with E-state index >= 15 is 0 Å². The first-order chi connectivity index (χ1) is 10.1. The van der Waals surface area contributed by atoms with Gasteiger partial charge in [-0.3, -0.25) is 4.79 Å². The minimum absolute atomic E-state index is 0.140. The van der Waals surface area contributed by atoms with Gasteiger partial charge in [0, 0.05) is 19.0 Å². The number of carbonyl (C=O) groups is 1. The maximum Gasteiger partial charge on any atom is 0.225 e. The maximum atomic E-state index is 12.3. The summed E-state index contributed by atoms with van der Waals surface area (Å²) in [7, 11) is 0. The molecule has 1 amide bonds. The van der Waals surface area contributed by atoms with E-state index in [0.29, 0.717) is 5.91 Å². The van der Waals surface area contributed by atoms with E-state index in [1.807, 2.05) is 13.8 Å². The molecule has 0 saturated carbocycles. The third-order valence-corrected chi connectivity index (χ3v) is 4.12. The summed E-state index contributed by atoms with van der Waals surface area (Å²) in [6, 6.07) is 0. The number of carbonyl (C=O) groups excluding carboxylic acids is 1. The third kappa shape index (κ3) is 11.8. The number of unbranched alkanes of at least 4 members (excludes halogenated alkanes) is 9. The van der Waals surface area contributed by atoms with Crippen LogP contribution < -0.4 is 0 Å². The van der Waals surface area contributed by atoms with Crippen molar-refractivity contribution >= 4 is 5.91 Å². The van der Waals surface area contributed by atoms with Gasteiger partial charge in [-0.05, 0) is 12.8 Å². The Morgan fingerprint density at radius 2 is 1.10 bits per heavy atom. The normalized spacial score (nSPS) is 11.1. The van der Waals surface area contributed by atoms with Crippen molar-refractivity contribution in [3.05, 3.63) is 0 Å². The molecular formula is C19H39NO. The summed E-state index contributed by atoms with van der Waals surface area (Å²) in [4.78, 5) is 14.4. The van der Waals surface area contributed by atoms with E-state index in [1.165, 1.54) is 70.6 Å². The van der Waals surface area contributed by atoms with Crippen LogP contribution in [0.25, 0.3) is 0 Å². The van der Waals surface area contributed by atoms with Gasteiger partial charge in [0.1, 0.15) is 0 Å². The average molecular weight is 298 g/mol. The Morgan fingerprint density at radius 1 is 0.714 bits per heavy atom. The Bertz CT molecular complexity index is 238. The van der Waals surface area contributed by atoms with Crippen LogP contribution >= 0.6 is 0 Å². The van der Waals surface area contributed by atoms with Crippen molar-refractivity contribution in [1.82, 2.24) is 4.90 Å². The molecule has 21 heavy (non-hydrogen) atoms. The van der Waals surface area contributed by atoms with Crippen LogP contribution in [0, 0.1) is 5.92 Å². The van der Waals surface area contributed by atoms with Crippen LogP contribution in [0.2, 0.25) is 0 Å². The first-order valence-electron chi connectivity index (χ1n) is 9.42. The fourth-order valence-electron chi connectivity index (χ4n) is 2.69. The highest BCUT2D eigenvalue weighted by Gasteiger charge is 2.15. The van der Waals surface area contributed by atoms with Gasteiger partial charge in [-0.25, -0.2) is 0 Å². The monoisotopic (exact) mass is 297 g/mol. The quantitative estimate of drug-likeness (QED) is 0.371. The Morgan fingerprint density at radius 3 is 1.48 bits per heavy atom. The van der Waals surface area contributed by atoms with Gasteiger partial charge in [-0.2, -0.15) is 0 Å². The van der Waals surface area contributed by atoms with Crippen LogP contribution in [0.5, 0.6) is 0 Å². The molecule has 0 aliphatic heterocycles. The lowest BCUT2D eigenvalue weighted by Crippen LogP contribution is -2.35. The molecule has 0 rings (SSSR count). The summed E-state index contributed by atoms with van der Waals surface area (Å²) in [5, 5.41) is 0. The summed E-state index contributed by atoms with van der Waals surface area (Å²) in [5.41, 5.74) is 0. The van der Waals surface area contributed by atoms with Crippen molar-refractivity contribution in [3.63, 3.8) is 0 Å². The number of hydrogen-bond donors (Lipinski definition) is 0. The summed E-state index contributed by atoms with van der Waals surface area (Å²) in [5.74, 6) is 0.486. The van der Waals surface area contributed by atoms with Crippen molar-refractivity contribution in [2.24, 2.45) is 5.92 Å². The zero-order valence-corrected chi connectivity index (χ0v) is 15.1. The molecule has 0 aliphatic carbocycles. The van der Waals surface area contributed by atoms with Gasteiger partial charge in [0.2, 0.25) is 5.91 Å². The average Bonchev–Trinajstić information content (AvgIpc) is 2.47. The molecule has 0 aromatic heterocycles. The van der Waals surface area contributed by atoms with Crippen molar-refractivity contribution in [1.29, 1.82) is 0 Å². The number of hydrogen-bond acceptors (Lipinski definition) is 1. The second-order valence-corrected chi connectivity index (χ2v) is 6.66. The van der Waals surface area contributed by atoms with Gasteiger partial charge in [0.25, 0.3) is 0 Å². The van der Waals surface area contributed by atoms with Crippen molar-refractivity contribution in [3.8, 4) is 0 Å². The van der Waals surface area contributed by atoms with Crippen LogP contribution in [0.15, 0.2) is 0 Å². The van der Waals surface area contributed by atoms with Crippen LogP contribution in [-0.2, 0) is 4.79 Å². The molecule has 0 heterocycles. The Hall–Kier alpha value is -0.530. The Balaban J connectivity index is 3.89. The van der Waals surface area contributed by atoms with Crippen LogP contribution in [0.1, 0.15) is 98.3 Å². The standard InChI is InChI=1S/C19H39NO/c1-5-7-9-11-13-15-17-20(19(21)18(3)4)16-14-12-10-8-6-2/h18H,5-17H2,1-4H3. The Labute approximate surface area is 133 Å². The SMILES string of the molecule is CCCCCCCCN(CCCCCCC)C(=O)C(C)C. The zero-order chi connectivity index (χ0) is 15.9. The summed E-state index contributed by atoms with van der Waals surface area (Å²) in [6.07, 6.45) is 14.2. The molecule has 0 radical (unpaired) electrons. The molecule has 0 aliphatic rings. The van der Waals surface area contributed by atoms with Crippen molar-refractivity contribution < 1.29 is 4.79 Å². The summed E-state index contributed by atoms with van der Waals surface area (Å²) < 4.78 is 0. The molecule has 126 valence electrons. The van der Waals surface area contributed by atoms with Gasteiger partial charge < -0.3 is 4.90 Å². The highest BCUT2D eigenvalue weighted by atomic mass is 16.2.